The van der Waals surface area contributed by atoms with Crippen molar-refractivity contribution in [1.29, 1.82) is 5.26 Å². The molecule has 0 radical (unpaired) electrons. The lowest BCUT2D eigenvalue weighted by Gasteiger charge is -2.12. The monoisotopic (exact) mass is 232 g/mol. The Labute approximate surface area is 101 Å². The van der Waals surface area contributed by atoms with Gasteiger partial charge in [0.15, 0.2) is 0 Å². The average Bonchev–Trinajstić information content (AvgIpc) is 2.36. The standard InChI is InChI=1S/C12H16N4O/c1-9(14-2)8-15-12(17)16-11-5-3-10(7-13)4-6-11/h3-6,9,14H,8H2,1-2H3,(H2,15,16,17). The van der Waals surface area contributed by atoms with E-state index in [1.807, 2.05) is 20.0 Å². The first-order valence-electron chi connectivity index (χ1n) is 5.38. The molecule has 17 heavy (non-hydrogen) atoms. The van der Waals surface area contributed by atoms with Gasteiger partial charge in [0.25, 0.3) is 0 Å². The number of carbonyl (C=O) groups excluding carboxylic acids is 1. The fourth-order valence-corrected chi connectivity index (χ4v) is 1.15. The summed E-state index contributed by atoms with van der Waals surface area (Å²) in [6, 6.07) is 8.69. The first kappa shape index (κ1) is 13.0. The van der Waals surface area contributed by atoms with Crippen molar-refractivity contribution in [2.24, 2.45) is 0 Å². The molecular formula is C12H16N4O. The third-order valence-corrected chi connectivity index (χ3v) is 2.33. The van der Waals surface area contributed by atoms with E-state index >= 15 is 0 Å². The van der Waals surface area contributed by atoms with Crippen LogP contribution in [0.4, 0.5) is 10.5 Å². The number of carbonyl (C=O) groups is 1. The van der Waals surface area contributed by atoms with Gasteiger partial charge in [0.1, 0.15) is 0 Å². The summed E-state index contributed by atoms with van der Waals surface area (Å²) in [5.41, 5.74) is 1.23. The Hall–Kier alpha value is -2.06. The normalized spacial score (nSPS) is 11.4. The highest BCUT2D eigenvalue weighted by Gasteiger charge is 2.03. The molecule has 0 aliphatic carbocycles. The molecule has 90 valence electrons. The first-order chi connectivity index (χ1) is 8.15. The molecule has 5 heteroatoms. The fourth-order valence-electron chi connectivity index (χ4n) is 1.15. The van der Waals surface area contributed by atoms with E-state index < -0.39 is 0 Å². The molecule has 1 aromatic rings. The second-order valence-corrected chi connectivity index (χ2v) is 3.71. The lowest BCUT2D eigenvalue weighted by Crippen LogP contribution is -2.39. The Balaban J connectivity index is 2.43. The van der Waals surface area contributed by atoms with Crippen LogP contribution in [-0.2, 0) is 0 Å². The minimum absolute atomic E-state index is 0.224. The number of nitriles is 1. The van der Waals surface area contributed by atoms with Gasteiger partial charge in [0, 0.05) is 18.3 Å². The van der Waals surface area contributed by atoms with Crippen LogP contribution in [0.3, 0.4) is 0 Å². The van der Waals surface area contributed by atoms with Crippen molar-refractivity contribution in [1.82, 2.24) is 10.6 Å². The molecule has 1 rings (SSSR count). The van der Waals surface area contributed by atoms with Crippen LogP contribution in [0.5, 0.6) is 0 Å². The van der Waals surface area contributed by atoms with Gasteiger partial charge < -0.3 is 16.0 Å². The number of hydrogen-bond donors (Lipinski definition) is 3. The summed E-state index contributed by atoms with van der Waals surface area (Å²) in [5.74, 6) is 0. The molecule has 1 unspecified atom stereocenters. The molecule has 1 aromatic carbocycles. The largest absolute Gasteiger partial charge is 0.336 e. The van der Waals surface area contributed by atoms with E-state index in [1.165, 1.54) is 0 Å². The van der Waals surface area contributed by atoms with Gasteiger partial charge in [0.2, 0.25) is 0 Å². The summed E-state index contributed by atoms with van der Waals surface area (Å²) in [7, 11) is 1.84. The molecular weight excluding hydrogens is 216 g/mol. The Bertz CT molecular complexity index is 408. The third-order valence-electron chi connectivity index (χ3n) is 2.33. The van der Waals surface area contributed by atoms with Crippen molar-refractivity contribution in [2.75, 3.05) is 18.9 Å². The number of nitrogens with one attached hydrogen (secondary N) is 3. The van der Waals surface area contributed by atoms with Crippen LogP contribution < -0.4 is 16.0 Å². The van der Waals surface area contributed by atoms with E-state index in [0.29, 0.717) is 17.8 Å². The van der Waals surface area contributed by atoms with Crippen LogP contribution in [0.2, 0.25) is 0 Å². The quantitative estimate of drug-likeness (QED) is 0.732. The van der Waals surface area contributed by atoms with Gasteiger partial charge in [-0.1, -0.05) is 0 Å². The molecule has 3 N–H and O–H groups in total. The molecule has 0 fully saturated rings. The lowest BCUT2D eigenvalue weighted by molar-refractivity contribution is 0.251. The van der Waals surface area contributed by atoms with Crippen LogP contribution in [0.25, 0.3) is 0 Å². The van der Waals surface area contributed by atoms with E-state index in [0.717, 1.165) is 0 Å². The van der Waals surface area contributed by atoms with E-state index in [1.54, 1.807) is 24.3 Å². The predicted octanol–water partition coefficient (Wildman–Crippen LogP) is 1.29. The van der Waals surface area contributed by atoms with Gasteiger partial charge in [0.05, 0.1) is 11.6 Å². The second-order valence-electron chi connectivity index (χ2n) is 3.71. The molecule has 2 amide bonds. The molecule has 1 atom stereocenters. The van der Waals surface area contributed by atoms with Crippen molar-refractivity contribution in [3.63, 3.8) is 0 Å². The van der Waals surface area contributed by atoms with Crippen molar-refractivity contribution < 1.29 is 4.79 Å². The molecule has 0 aliphatic heterocycles. The summed E-state index contributed by atoms with van der Waals surface area (Å²) in [5, 5.41) is 17.1. The van der Waals surface area contributed by atoms with Crippen LogP contribution in [-0.4, -0.2) is 25.7 Å². The highest BCUT2D eigenvalue weighted by Crippen LogP contribution is 2.08. The van der Waals surface area contributed by atoms with Crippen LogP contribution in [0.15, 0.2) is 24.3 Å². The number of amides is 2. The van der Waals surface area contributed by atoms with Crippen molar-refractivity contribution in [3.05, 3.63) is 29.8 Å². The third kappa shape index (κ3) is 4.53. The Kier molecular flexibility index (Phi) is 4.98. The van der Waals surface area contributed by atoms with E-state index in [2.05, 4.69) is 16.0 Å². The fraction of sp³-hybridized carbons (Fsp3) is 0.333. The number of hydrogen-bond acceptors (Lipinski definition) is 3. The number of urea groups is 1. The van der Waals surface area contributed by atoms with Crippen LogP contribution >= 0.6 is 0 Å². The molecule has 0 aromatic heterocycles. The van der Waals surface area contributed by atoms with E-state index in [-0.39, 0.29) is 12.1 Å². The minimum atomic E-state index is -0.253. The van der Waals surface area contributed by atoms with Crippen molar-refractivity contribution in [2.45, 2.75) is 13.0 Å². The number of nitrogens with zero attached hydrogens (tertiary/aromatic N) is 1. The summed E-state index contributed by atoms with van der Waals surface area (Å²) in [6.07, 6.45) is 0. The maximum absolute atomic E-state index is 11.5. The SMILES string of the molecule is CNC(C)CNC(=O)Nc1ccc(C#N)cc1. The molecule has 5 nitrogen and oxygen atoms in total. The van der Waals surface area contributed by atoms with E-state index in [4.69, 9.17) is 5.26 Å². The summed E-state index contributed by atoms with van der Waals surface area (Å²) < 4.78 is 0. The predicted molar refractivity (Wildman–Crippen MR) is 66.7 cm³/mol. The number of likely N-dealkylation sites (N-methyl/N-ethyl adjacent to an activating group) is 1. The maximum Gasteiger partial charge on any atom is 0.319 e. The lowest BCUT2D eigenvalue weighted by atomic mass is 10.2. The van der Waals surface area contributed by atoms with Gasteiger partial charge in [-0.15, -0.1) is 0 Å². The highest BCUT2D eigenvalue weighted by atomic mass is 16.2. The van der Waals surface area contributed by atoms with E-state index in [9.17, 15) is 4.79 Å². The summed E-state index contributed by atoms with van der Waals surface area (Å²) >= 11 is 0. The molecule has 0 spiro atoms. The zero-order chi connectivity index (χ0) is 12.7. The number of benzene rings is 1. The van der Waals surface area contributed by atoms with Crippen LogP contribution in [0.1, 0.15) is 12.5 Å². The molecule has 0 saturated heterocycles. The Morgan fingerprint density at radius 1 is 1.41 bits per heavy atom. The van der Waals surface area contributed by atoms with Gasteiger partial charge in [-0.2, -0.15) is 5.26 Å². The van der Waals surface area contributed by atoms with Gasteiger partial charge in [-0.25, -0.2) is 4.79 Å². The van der Waals surface area contributed by atoms with Crippen molar-refractivity contribution >= 4 is 11.7 Å². The molecule has 0 aliphatic rings. The summed E-state index contributed by atoms with van der Waals surface area (Å²) in [4.78, 5) is 11.5. The molecule has 0 heterocycles. The maximum atomic E-state index is 11.5. The summed E-state index contributed by atoms with van der Waals surface area (Å²) in [6.45, 7) is 2.53. The highest BCUT2D eigenvalue weighted by molar-refractivity contribution is 5.89. The second kappa shape index (κ2) is 6.51. The Morgan fingerprint density at radius 2 is 2.06 bits per heavy atom. The van der Waals surface area contributed by atoms with Gasteiger partial charge in [-0.3, -0.25) is 0 Å². The smallest absolute Gasteiger partial charge is 0.319 e. The minimum Gasteiger partial charge on any atom is -0.336 e. The molecule has 0 bridgehead atoms. The number of rotatable bonds is 4. The zero-order valence-corrected chi connectivity index (χ0v) is 9.95. The topological polar surface area (TPSA) is 76.9 Å². The first-order valence-corrected chi connectivity index (χ1v) is 5.38. The van der Waals surface area contributed by atoms with Crippen molar-refractivity contribution in [3.8, 4) is 6.07 Å². The zero-order valence-electron chi connectivity index (χ0n) is 9.95. The van der Waals surface area contributed by atoms with Crippen LogP contribution in [0, 0.1) is 11.3 Å². The Morgan fingerprint density at radius 3 is 2.59 bits per heavy atom. The average molecular weight is 232 g/mol. The van der Waals surface area contributed by atoms with Gasteiger partial charge in [-0.05, 0) is 38.2 Å². The van der Waals surface area contributed by atoms with Gasteiger partial charge >= 0.3 is 6.03 Å². The number of anilines is 1. The molecule has 0 saturated carbocycles.